The molecule has 0 saturated carbocycles. The molecule has 2 heterocycles. The van der Waals surface area contributed by atoms with E-state index in [0.29, 0.717) is 34.3 Å². The van der Waals surface area contributed by atoms with Gasteiger partial charge < -0.3 is 10.1 Å². The predicted molar refractivity (Wildman–Crippen MR) is 143 cm³/mol. The smallest absolute Gasteiger partial charge is 0.406 e. The first-order valence-corrected chi connectivity index (χ1v) is 12.5. The number of aromatic nitrogens is 4. The van der Waals surface area contributed by atoms with E-state index in [1.54, 1.807) is 30.5 Å². The largest absolute Gasteiger partial charge is 0.573 e. The minimum absolute atomic E-state index is 0.244. The third-order valence-corrected chi connectivity index (χ3v) is 6.39. The molecule has 0 amide bonds. The Morgan fingerprint density at radius 1 is 0.872 bits per heavy atom. The fraction of sp³-hybridized carbons (Fsp3) is 0.148. The Balaban J connectivity index is 1.38. The zero-order chi connectivity index (χ0) is 27.6. The maximum Gasteiger partial charge on any atom is 0.573 e. The van der Waals surface area contributed by atoms with Gasteiger partial charge in [-0.1, -0.05) is 59.6 Å². The van der Waals surface area contributed by atoms with Crippen LogP contribution in [0.3, 0.4) is 0 Å². The summed E-state index contributed by atoms with van der Waals surface area (Å²) in [6.07, 6.45) is -3.11. The topological polar surface area (TPSA) is 73.5 Å². The van der Waals surface area contributed by atoms with Gasteiger partial charge in [-0.25, -0.2) is 9.48 Å². The number of nitrogens with zero attached hydrogens (tertiary/aromatic N) is 4. The van der Waals surface area contributed by atoms with Gasteiger partial charge in [0.05, 0.1) is 12.7 Å². The van der Waals surface area contributed by atoms with Gasteiger partial charge in [-0.3, -0.25) is 0 Å². The molecule has 0 bridgehead atoms. The van der Waals surface area contributed by atoms with E-state index in [4.69, 9.17) is 23.2 Å². The van der Waals surface area contributed by atoms with E-state index >= 15 is 0 Å². The van der Waals surface area contributed by atoms with Crippen LogP contribution in [-0.4, -0.2) is 32.3 Å². The highest BCUT2D eigenvalue weighted by Gasteiger charge is 2.31. The standard InChI is InChI=1S/C27H20Cl2F3N5O2/c28-20-7-3-18(4-8-20)23-16-34-37-25(24(23)19-5-9-21(29)10-6-19)35-36(26(37)38)14-13-33-15-17-1-11-22(12-2-17)39-27(30,31)32/h1-12,16,33H,13-15H2. The Morgan fingerprint density at radius 3 is 2.10 bits per heavy atom. The van der Waals surface area contributed by atoms with Crippen LogP contribution in [0.25, 0.3) is 27.9 Å². The van der Waals surface area contributed by atoms with Crippen molar-refractivity contribution in [3.8, 4) is 28.0 Å². The molecule has 0 unspecified atom stereocenters. The third kappa shape index (κ3) is 6.25. The van der Waals surface area contributed by atoms with Crippen LogP contribution in [0, 0.1) is 0 Å². The van der Waals surface area contributed by atoms with E-state index in [2.05, 4.69) is 20.3 Å². The van der Waals surface area contributed by atoms with Crippen molar-refractivity contribution in [2.45, 2.75) is 19.5 Å². The van der Waals surface area contributed by atoms with Crippen molar-refractivity contribution in [3.63, 3.8) is 0 Å². The Hall–Kier alpha value is -3.86. The zero-order valence-electron chi connectivity index (χ0n) is 20.1. The van der Waals surface area contributed by atoms with Gasteiger partial charge in [0.1, 0.15) is 5.75 Å². The number of nitrogens with one attached hydrogen (secondary N) is 1. The maximum absolute atomic E-state index is 13.1. The number of hydrogen-bond acceptors (Lipinski definition) is 5. The van der Waals surface area contributed by atoms with Crippen LogP contribution < -0.4 is 15.7 Å². The average molecular weight is 574 g/mol. The van der Waals surface area contributed by atoms with Crippen LogP contribution in [0.15, 0.2) is 83.8 Å². The second-order valence-electron chi connectivity index (χ2n) is 8.56. The summed E-state index contributed by atoms with van der Waals surface area (Å²) in [6.45, 7) is 1.00. The summed E-state index contributed by atoms with van der Waals surface area (Å²) in [5.74, 6) is -0.288. The van der Waals surface area contributed by atoms with Crippen molar-refractivity contribution in [2.24, 2.45) is 0 Å². The number of rotatable bonds is 8. The summed E-state index contributed by atoms with van der Waals surface area (Å²) >= 11 is 12.2. The zero-order valence-corrected chi connectivity index (χ0v) is 21.6. The van der Waals surface area contributed by atoms with E-state index in [1.807, 2.05) is 24.3 Å². The molecule has 5 aromatic rings. The molecule has 0 aliphatic heterocycles. The van der Waals surface area contributed by atoms with Gasteiger partial charge in [0, 0.05) is 34.3 Å². The van der Waals surface area contributed by atoms with E-state index in [0.717, 1.165) is 22.3 Å². The maximum atomic E-state index is 13.1. The van der Waals surface area contributed by atoms with Gasteiger partial charge in [0.15, 0.2) is 5.65 Å². The lowest BCUT2D eigenvalue weighted by Crippen LogP contribution is -2.28. The average Bonchev–Trinajstić information content (AvgIpc) is 3.22. The van der Waals surface area contributed by atoms with Crippen LogP contribution in [0.1, 0.15) is 5.56 Å². The van der Waals surface area contributed by atoms with Gasteiger partial charge in [-0.2, -0.15) is 9.61 Å². The van der Waals surface area contributed by atoms with Crippen molar-refractivity contribution < 1.29 is 17.9 Å². The number of hydrogen-bond donors (Lipinski definition) is 1. The molecule has 0 spiro atoms. The molecule has 7 nitrogen and oxygen atoms in total. The van der Waals surface area contributed by atoms with Crippen LogP contribution in [0.4, 0.5) is 13.2 Å². The fourth-order valence-corrected chi connectivity index (χ4v) is 4.33. The summed E-state index contributed by atoms with van der Waals surface area (Å²) in [6, 6.07) is 20.1. The molecule has 5 rings (SSSR count). The summed E-state index contributed by atoms with van der Waals surface area (Å²) in [7, 11) is 0. The molecular weight excluding hydrogens is 554 g/mol. The molecule has 3 aromatic carbocycles. The molecule has 0 aliphatic carbocycles. The summed E-state index contributed by atoms with van der Waals surface area (Å²) in [4.78, 5) is 13.1. The van der Waals surface area contributed by atoms with E-state index in [-0.39, 0.29) is 12.3 Å². The van der Waals surface area contributed by atoms with Gasteiger partial charge in [-0.15, -0.1) is 18.3 Å². The number of fused-ring (bicyclic) bond motifs is 1. The van der Waals surface area contributed by atoms with E-state index < -0.39 is 12.1 Å². The van der Waals surface area contributed by atoms with Crippen molar-refractivity contribution in [2.75, 3.05) is 6.54 Å². The highest BCUT2D eigenvalue weighted by atomic mass is 35.5. The molecule has 0 saturated heterocycles. The third-order valence-electron chi connectivity index (χ3n) is 5.89. The van der Waals surface area contributed by atoms with Crippen LogP contribution in [0.2, 0.25) is 10.0 Å². The first-order valence-electron chi connectivity index (χ1n) is 11.7. The Kier molecular flexibility index (Phi) is 7.60. The lowest BCUT2D eigenvalue weighted by atomic mass is 9.97. The normalized spacial score (nSPS) is 11.7. The van der Waals surface area contributed by atoms with Gasteiger partial charge in [-0.05, 0) is 53.1 Å². The summed E-state index contributed by atoms with van der Waals surface area (Å²) < 4.78 is 43.5. The lowest BCUT2D eigenvalue weighted by molar-refractivity contribution is -0.274. The second-order valence-corrected chi connectivity index (χ2v) is 9.43. The first-order chi connectivity index (χ1) is 18.7. The SMILES string of the molecule is O=c1n(CCNCc2ccc(OC(F)(F)F)cc2)nc2c(-c3ccc(Cl)cc3)c(-c3ccc(Cl)cc3)cnn12. The molecule has 0 aliphatic rings. The van der Waals surface area contributed by atoms with Crippen LogP contribution in [0.5, 0.6) is 5.75 Å². The Bertz CT molecular complexity index is 1650. The Labute approximate surface area is 230 Å². The number of halogens is 5. The molecule has 39 heavy (non-hydrogen) atoms. The molecule has 0 atom stereocenters. The van der Waals surface area contributed by atoms with Crippen LogP contribution in [-0.2, 0) is 13.1 Å². The summed E-state index contributed by atoms with van der Waals surface area (Å²) in [5.41, 5.74) is 3.89. The minimum atomic E-state index is -4.74. The highest BCUT2D eigenvalue weighted by molar-refractivity contribution is 6.31. The first kappa shape index (κ1) is 26.7. The van der Waals surface area contributed by atoms with Gasteiger partial charge >= 0.3 is 12.1 Å². The molecule has 200 valence electrons. The molecule has 1 N–H and O–H groups in total. The molecule has 0 radical (unpaired) electrons. The fourth-order valence-electron chi connectivity index (χ4n) is 4.08. The molecular formula is C27H20Cl2F3N5O2. The quantitative estimate of drug-likeness (QED) is 0.223. The molecule has 0 fully saturated rings. The number of alkyl halides is 3. The monoisotopic (exact) mass is 573 g/mol. The predicted octanol–water partition coefficient (Wildman–Crippen LogP) is 6.22. The van der Waals surface area contributed by atoms with E-state index in [1.165, 1.54) is 33.5 Å². The lowest BCUT2D eigenvalue weighted by Gasteiger charge is -2.11. The van der Waals surface area contributed by atoms with Crippen LogP contribution >= 0.6 is 23.2 Å². The van der Waals surface area contributed by atoms with Crippen molar-refractivity contribution in [1.29, 1.82) is 0 Å². The molecule has 12 heteroatoms. The minimum Gasteiger partial charge on any atom is -0.406 e. The van der Waals surface area contributed by atoms with Gasteiger partial charge in [0.25, 0.3) is 0 Å². The van der Waals surface area contributed by atoms with Crippen molar-refractivity contribution >= 4 is 28.8 Å². The van der Waals surface area contributed by atoms with E-state index in [9.17, 15) is 18.0 Å². The number of ether oxygens (including phenoxy) is 1. The molecule has 2 aromatic heterocycles. The summed E-state index contributed by atoms with van der Waals surface area (Å²) in [5, 5.41) is 13.3. The number of benzene rings is 3. The van der Waals surface area contributed by atoms with Gasteiger partial charge in [0.2, 0.25) is 0 Å². The Morgan fingerprint density at radius 2 is 1.49 bits per heavy atom. The second kappa shape index (κ2) is 11.1. The van der Waals surface area contributed by atoms with Crippen molar-refractivity contribution in [3.05, 3.63) is 105 Å². The van der Waals surface area contributed by atoms with Crippen molar-refractivity contribution in [1.82, 2.24) is 24.7 Å². The highest BCUT2D eigenvalue weighted by Crippen LogP contribution is 2.35.